The summed E-state index contributed by atoms with van der Waals surface area (Å²) in [6.45, 7) is 6.20. The lowest BCUT2D eigenvalue weighted by molar-refractivity contribution is -0.973. The second-order valence-corrected chi connectivity index (χ2v) is 7.11. The molecule has 5 rings (SSSR count). The Hall–Kier alpha value is -0.280. The van der Waals surface area contributed by atoms with Crippen LogP contribution in [0, 0.1) is 0 Å². The Morgan fingerprint density at radius 2 is 1.68 bits per heavy atom. The molecular weight excluding hydrogens is 393 g/mol. The summed E-state index contributed by atoms with van der Waals surface area (Å²) in [6.07, 6.45) is 1.48. The third kappa shape index (κ3) is 2.91. The van der Waals surface area contributed by atoms with Crippen LogP contribution in [0.4, 0.5) is 0 Å². The van der Waals surface area contributed by atoms with Crippen molar-refractivity contribution in [2.24, 2.45) is 0 Å². The molecule has 0 saturated carbocycles. The number of pyridine rings is 1. The molecule has 0 aromatic carbocycles. The van der Waals surface area contributed by atoms with Gasteiger partial charge < -0.3 is 17.0 Å². The van der Waals surface area contributed by atoms with Gasteiger partial charge in [0.25, 0.3) is 0 Å². The first kappa shape index (κ1) is 16.6. The van der Waals surface area contributed by atoms with Gasteiger partial charge in [0.05, 0.1) is 30.1 Å². The maximum Gasteiger partial charge on any atom is 0.236 e. The molecule has 4 saturated heterocycles. The van der Waals surface area contributed by atoms with Gasteiger partial charge in [-0.3, -0.25) is 9.28 Å². The van der Waals surface area contributed by atoms with E-state index in [1.807, 2.05) is 0 Å². The van der Waals surface area contributed by atoms with Gasteiger partial charge in [-0.2, -0.15) is 0 Å². The minimum Gasteiger partial charge on any atom is -1.00 e. The quantitative estimate of drug-likeness (QED) is 0.431. The first-order chi connectivity index (χ1) is 10.0. The molecule has 22 heavy (non-hydrogen) atoms. The zero-order chi connectivity index (χ0) is 14.6. The molecule has 0 N–H and O–H groups in total. The van der Waals surface area contributed by atoms with Crippen molar-refractivity contribution in [3.8, 4) is 0 Å². The van der Waals surface area contributed by atoms with Crippen molar-refractivity contribution < 1.29 is 26.3 Å². The SMILES string of the molecule is O=C(C[N+]12CN3CN(CN(C3)C1)C2)c1ncc(Cl)cc1Cl.[Br-]. The van der Waals surface area contributed by atoms with Gasteiger partial charge in [-0.1, -0.05) is 23.2 Å². The average Bonchev–Trinajstić information content (AvgIpc) is 2.35. The number of nitrogens with zero attached hydrogens (tertiary/aromatic N) is 5. The van der Waals surface area contributed by atoms with Crippen molar-refractivity contribution in [2.75, 3.05) is 46.6 Å². The molecule has 0 atom stereocenters. The summed E-state index contributed by atoms with van der Waals surface area (Å²) in [7, 11) is 0. The minimum atomic E-state index is -0.0118. The molecule has 0 unspecified atom stereocenters. The van der Waals surface area contributed by atoms with E-state index in [9.17, 15) is 4.79 Å². The summed E-state index contributed by atoms with van der Waals surface area (Å²) in [5.74, 6) is -0.0118. The van der Waals surface area contributed by atoms with Gasteiger partial charge in [0.2, 0.25) is 5.78 Å². The van der Waals surface area contributed by atoms with Crippen LogP contribution in [0.2, 0.25) is 10.0 Å². The van der Waals surface area contributed by atoms with E-state index in [0.29, 0.717) is 22.3 Å². The molecule has 120 valence electrons. The molecule has 6 nitrogen and oxygen atoms in total. The average molecular weight is 409 g/mol. The van der Waals surface area contributed by atoms with E-state index >= 15 is 0 Å². The Labute approximate surface area is 149 Å². The van der Waals surface area contributed by atoms with Gasteiger partial charge in [0.15, 0.2) is 0 Å². The molecule has 9 heteroatoms. The highest BCUT2D eigenvalue weighted by Crippen LogP contribution is 2.29. The maximum absolute atomic E-state index is 12.6. The van der Waals surface area contributed by atoms with Gasteiger partial charge in [-0.15, -0.1) is 0 Å². The van der Waals surface area contributed by atoms with Crippen molar-refractivity contribution >= 4 is 29.0 Å². The van der Waals surface area contributed by atoms with E-state index in [1.165, 1.54) is 6.20 Å². The lowest BCUT2D eigenvalue weighted by Crippen LogP contribution is -3.00. The van der Waals surface area contributed by atoms with Gasteiger partial charge >= 0.3 is 0 Å². The summed E-state index contributed by atoms with van der Waals surface area (Å²) in [5, 5.41) is 0.784. The van der Waals surface area contributed by atoms with Gasteiger partial charge in [-0.25, -0.2) is 19.7 Å². The molecule has 0 radical (unpaired) electrons. The van der Waals surface area contributed by atoms with Crippen LogP contribution in [-0.4, -0.2) is 76.5 Å². The molecule has 4 aliphatic rings. The Bertz CT molecular complexity index is 579. The monoisotopic (exact) mass is 407 g/mol. The van der Waals surface area contributed by atoms with Crippen LogP contribution in [0.15, 0.2) is 12.3 Å². The highest BCUT2D eigenvalue weighted by Gasteiger charge is 2.49. The van der Waals surface area contributed by atoms with Crippen LogP contribution < -0.4 is 17.0 Å². The molecule has 4 bridgehead atoms. The predicted molar refractivity (Wildman–Crippen MR) is 78.4 cm³/mol. The first-order valence-corrected chi connectivity index (χ1v) is 7.65. The van der Waals surface area contributed by atoms with Crippen molar-refractivity contribution in [1.29, 1.82) is 0 Å². The summed E-state index contributed by atoms with van der Waals surface area (Å²) >= 11 is 11.9. The molecule has 4 aliphatic heterocycles. The molecule has 0 spiro atoms. The molecule has 0 amide bonds. The van der Waals surface area contributed by atoms with Crippen molar-refractivity contribution in [3.05, 3.63) is 28.0 Å². The number of halogens is 3. The molecule has 1 aromatic rings. The van der Waals surface area contributed by atoms with Crippen molar-refractivity contribution in [1.82, 2.24) is 19.7 Å². The highest BCUT2D eigenvalue weighted by molar-refractivity contribution is 6.36. The van der Waals surface area contributed by atoms with Gasteiger partial charge in [-0.05, 0) is 6.07 Å². The van der Waals surface area contributed by atoms with E-state index in [2.05, 4.69) is 19.7 Å². The lowest BCUT2D eigenvalue weighted by Gasteiger charge is -2.60. The lowest BCUT2D eigenvalue weighted by atomic mass is 10.2. The number of ketones is 1. The van der Waals surface area contributed by atoms with Crippen LogP contribution in [0.25, 0.3) is 0 Å². The van der Waals surface area contributed by atoms with Crippen LogP contribution >= 0.6 is 23.2 Å². The van der Waals surface area contributed by atoms with Gasteiger partial charge in [0.1, 0.15) is 32.2 Å². The van der Waals surface area contributed by atoms with Crippen LogP contribution in [0.3, 0.4) is 0 Å². The fourth-order valence-electron chi connectivity index (χ4n) is 3.81. The van der Waals surface area contributed by atoms with Crippen LogP contribution in [-0.2, 0) is 0 Å². The van der Waals surface area contributed by atoms with E-state index in [1.54, 1.807) is 6.07 Å². The first-order valence-electron chi connectivity index (χ1n) is 6.89. The number of aromatic nitrogens is 1. The number of hydrogen-bond donors (Lipinski definition) is 0. The topological polar surface area (TPSA) is 39.7 Å². The van der Waals surface area contributed by atoms with E-state index < -0.39 is 0 Å². The maximum atomic E-state index is 12.6. The fraction of sp³-hybridized carbons (Fsp3) is 0.538. The largest absolute Gasteiger partial charge is 1.00 e. The standard InChI is InChI=1S/C13H16Cl2N5O.BrH/c14-10-1-11(15)13(16-2-10)12(21)3-20-7-17-4-18(8-20)6-19(5-17)9-20;/h1-2H,3-9H2;1H/q+1;/p-1. The number of carbonyl (C=O) groups is 1. The third-order valence-electron chi connectivity index (χ3n) is 4.25. The summed E-state index contributed by atoms with van der Waals surface area (Å²) in [4.78, 5) is 23.8. The van der Waals surface area contributed by atoms with Crippen molar-refractivity contribution in [2.45, 2.75) is 0 Å². The van der Waals surface area contributed by atoms with Gasteiger partial charge in [0, 0.05) is 6.20 Å². The molecule has 1 aromatic heterocycles. The molecular formula is C13H16BrCl2N5O. The fourth-order valence-corrected chi connectivity index (χ4v) is 4.29. The number of carbonyl (C=O) groups excluding carboxylic acids is 1. The third-order valence-corrected chi connectivity index (χ3v) is 4.75. The van der Waals surface area contributed by atoms with E-state index in [4.69, 9.17) is 23.2 Å². The predicted octanol–water partition coefficient (Wildman–Crippen LogP) is -1.92. The Balaban J connectivity index is 0.00000144. The summed E-state index contributed by atoms with van der Waals surface area (Å²) in [6, 6.07) is 1.58. The second kappa shape index (κ2) is 5.98. The number of hydrogen-bond acceptors (Lipinski definition) is 5. The van der Waals surface area contributed by atoms with Crippen LogP contribution in [0.1, 0.15) is 10.5 Å². The minimum absolute atomic E-state index is 0. The van der Waals surface area contributed by atoms with Crippen molar-refractivity contribution in [3.63, 3.8) is 0 Å². The Morgan fingerprint density at radius 3 is 2.18 bits per heavy atom. The number of Topliss-reactive ketones (excluding diaryl/α,β-unsaturated/α-hetero) is 1. The zero-order valence-corrected chi connectivity index (χ0v) is 15.0. The highest BCUT2D eigenvalue weighted by atomic mass is 79.9. The second-order valence-electron chi connectivity index (χ2n) is 6.27. The smallest absolute Gasteiger partial charge is 0.236 e. The van der Waals surface area contributed by atoms with E-state index in [0.717, 1.165) is 44.5 Å². The normalized spacial score (nSPS) is 35.3. The summed E-state index contributed by atoms with van der Waals surface area (Å²) in [5.41, 5.74) is 0.329. The van der Waals surface area contributed by atoms with E-state index in [-0.39, 0.29) is 22.8 Å². The summed E-state index contributed by atoms with van der Waals surface area (Å²) < 4.78 is 0.749. The molecule has 5 heterocycles. The number of quaternary nitrogens is 1. The van der Waals surface area contributed by atoms with Crippen LogP contribution in [0.5, 0.6) is 0 Å². The number of rotatable bonds is 3. The molecule has 0 aliphatic carbocycles. The Kier molecular flexibility index (Phi) is 4.50. The Morgan fingerprint density at radius 1 is 1.14 bits per heavy atom. The zero-order valence-electron chi connectivity index (χ0n) is 11.9. The molecule has 4 fully saturated rings.